The first-order chi connectivity index (χ1) is 8.11. The second kappa shape index (κ2) is 4.57. The number of carboxylic acids is 1. The van der Waals surface area contributed by atoms with Crippen molar-refractivity contribution < 1.29 is 14.7 Å². The molecule has 2 rings (SSSR count). The van der Waals surface area contributed by atoms with Crippen molar-refractivity contribution in [3.63, 3.8) is 0 Å². The highest BCUT2D eigenvalue weighted by atomic mass is 16.4. The molecule has 0 bridgehead atoms. The van der Waals surface area contributed by atoms with Crippen LogP contribution in [-0.2, 0) is 4.79 Å². The highest BCUT2D eigenvalue weighted by Crippen LogP contribution is 2.24. The summed E-state index contributed by atoms with van der Waals surface area (Å²) in [6.45, 7) is 2.35. The number of amides is 1. The number of rotatable bonds is 2. The number of aromatic amines is 1. The molecule has 1 aliphatic heterocycles. The molecular weight excluding hydrogens is 222 g/mol. The molecule has 6 heteroatoms. The fourth-order valence-electron chi connectivity index (χ4n) is 2.32. The van der Waals surface area contributed by atoms with Gasteiger partial charge in [-0.25, -0.2) is 9.78 Å². The molecule has 0 saturated carbocycles. The Morgan fingerprint density at radius 1 is 1.59 bits per heavy atom. The number of aliphatic carboxylic acids is 1. The number of piperidine rings is 1. The molecule has 1 aliphatic rings. The van der Waals surface area contributed by atoms with Gasteiger partial charge < -0.3 is 15.0 Å². The lowest BCUT2D eigenvalue weighted by molar-refractivity contribution is -0.145. The van der Waals surface area contributed by atoms with Crippen molar-refractivity contribution in [2.45, 2.75) is 25.8 Å². The quantitative estimate of drug-likeness (QED) is 0.794. The van der Waals surface area contributed by atoms with Gasteiger partial charge in [0.15, 0.2) is 0 Å². The Bertz CT molecular complexity index is 416. The van der Waals surface area contributed by atoms with Crippen molar-refractivity contribution >= 4 is 11.9 Å². The Morgan fingerprint density at radius 2 is 2.35 bits per heavy atom. The second-order valence-electron chi connectivity index (χ2n) is 4.37. The van der Waals surface area contributed by atoms with E-state index in [2.05, 4.69) is 9.97 Å². The molecule has 0 aliphatic carbocycles. The van der Waals surface area contributed by atoms with Crippen LogP contribution in [-0.4, -0.2) is 44.4 Å². The summed E-state index contributed by atoms with van der Waals surface area (Å²) in [5.41, 5.74) is 0.338. The number of carbonyl (C=O) groups is 2. The molecule has 2 heterocycles. The predicted octanol–water partition coefficient (Wildman–Crippen LogP) is 0.735. The first-order valence-electron chi connectivity index (χ1n) is 5.63. The molecule has 1 saturated heterocycles. The van der Waals surface area contributed by atoms with E-state index in [4.69, 9.17) is 0 Å². The van der Waals surface area contributed by atoms with Gasteiger partial charge in [-0.2, -0.15) is 0 Å². The van der Waals surface area contributed by atoms with E-state index in [1.165, 1.54) is 17.4 Å². The molecule has 0 aromatic carbocycles. The van der Waals surface area contributed by atoms with Crippen LogP contribution in [0.15, 0.2) is 12.5 Å². The molecule has 2 atom stereocenters. The van der Waals surface area contributed by atoms with E-state index >= 15 is 0 Å². The zero-order valence-electron chi connectivity index (χ0n) is 9.59. The van der Waals surface area contributed by atoms with E-state index in [0.29, 0.717) is 12.2 Å². The van der Waals surface area contributed by atoms with Gasteiger partial charge >= 0.3 is 5.97 Å². The van der Waals surface area contributed by atoms with Gasteiger partial charge in [0, 0.05) is 6.54 Å². The minimum atomic E-state index is -0.940. The maximum atomic E-state index is 12.1. The molecule has 2 unspecified atom stereocenters. The van der Waals surface area contributed by atoms with Crippen molar-refractivity contribution in [3.8, 4) is 0 Å². The van der Waals surface area contributed by atoms with E-state index < -0.39 is 12.0 Å². The second-order valence-corrected chi connectivity index (χ2v) is 4.37. The topological polar surface area (TPSA) is 86.3 Å². The van der Waals surface area contributed by atoms with Crippen LogP contribution in [0.25, 0.3) is 0 Å². The van der Waals surface area contributed by atoms with Crippen LogP contribution in [0.3, 0.4) is 0 Å². The number of hydrogen-bond donors (Lipinski definition) is 2. The number of likely N-dealkylation sites (tertiary alicyclic amines) is 1. The Morgan fingerprint density at radius 3 is 2.94 bits per heavy atom. The monoisotopic (exact) mass is 237 g/mol. The Hall–Kier alpha value is -1.85. The van der Waals surface area contributed by atoms with E-state index in [-0.39, 0.29) is 11.8 Å². The predicted molar refractivity (Wildman–Crippen MR) is 59.4 cm³/mol. The van der Waals surface area contributed by atoms with Gasteiger partial charge in [-0.15, -0.1) is 0 Å². The molecule has 1 amide bonds. The fourth-order valence-corrected chi connectivity index (χ4v) is 2.32. The minimum absolute atomic E-state index is 0.0203. The van der Waals surface area contributed by atoms with Gasteiger partial charge in [-0.05, 0) is 18.8 Å². The smallest absolute Gasteiger partial charge is 0.326 e. The van der Waals surface area contributed by atoms with Crippen LogP contribution >= 0.6 is 0 Å². The standard InChI is InChI=1S/C11H15N3O3/c1-7-3-2-4-14(9(7)11(16)17)10(15)8-5-12-6-13-8/h5-7,9H,2-4H2,1H3,(H,12,13)(H,16,17). The largest absolute Gasteiger partial charge is 0.480 e. The normalized spacial score (nSPS) is 24.6. The molecular formula is C11H15N3O3. The summed E-state index contributed by atoms with van der Waals surface area (Å²) < 4.78 is 0. The van der Waals surface area contributed by atoms with Gasteiger partial charge in [0.2, 0.25) is 0 Å². The summed E-state index contributed by atoms with van der Waals surface area (Å²) in [5.74, 6) is -1.25. The van der Waals surface area contributed by atoms with Crippen molar-refractivity contribution in [1.82, 2.24) is 14.9 Å². The lowest BCUT2D eigenvalue weighted by Gasteiger charge is -2.36. The maximum Gasteiger partial charge on any atom is 0.326 e. The lowest BCUT2D eigenvalue weighted by atomic mass is 9.90. The number of carboxylic acid groups (broad SMARTS) is 1. The van der Waals surface area contributed by atoms with Crippen molar-refractivity contribution in [2.75, 3.05) is 6.54 Å². The van der Waals surface area contributed by atoms with Crippen LogP contribution in [0.2, 0.25) is 0 Å². The highest BCUT2D eigenvalue weighted by Gasteiger charge is 2.37. The maximum absolute atomic E-state index is 12.1. The fraction of sp³-hybridized carbons (Fsp3) is 0.545. The molecule has 2 N–H and O–H groups in total. The first-order valence-corrected chi connectivity index (χ1v) is 5.63. The van der Waals surface area contributed by atoms with Crippen molar-refractivity contribution in [1.29, 1.82) is 0 Å². The third kappa shape index (κ3) is 2.15. The Balaban J connectivity index is 2.23. The lowest BCUT2D eigenvalue weighted by Crippen LogP contribution is -2.52. The van der Waals surface area contributed by atoms with Gasteiger partial charge in [-0.1, -0.05) is 6.92 Å². The van der Waals surface area contributed by atoms with Crippen LogP contribution in [0, 0.1) is 5.92 Å². The molecule has 6 nitrogen and oxygen atoms in total. The molecule has 17 heavy (non-hydrogen) atoms. The van der Waals surface area contributed by atoms with Crippen LogP contribution in [0.1, 0.15) is 30.3 Å². The highest BCUT2D eigenvalue weighted by molar-refractivity contribution is 5.95. The van der Waals surface area contributed by atoms with Crippen molar-refractivity contribution in [3.05, 3.63) is 18.2 Å². The van der Waals surface area contributed by atoms with E-state index in [1.807, 2.05) is 6.92 Å². The third-order valence-corrected chi connectivity index (χ3v) is 3.18. The first kappa shape index (κ1) is 11.6. The molecule has 1 fully saturated rings. The van der Waals surface area contributed by atoms with E-state index in [1.54, 1.807) is 0 Å². The minimum Gasteiger partial charge on any atom is -0.480 e. The summed E-state index contributed by atoms with van der Waals surface area (Å²) in [6.07, 6.45) is 4.51. The summed E-state index contributed by atoms with van der Waals surface area (Å²) in [6, 6.07) is -0.737. The number of nitrogens with zero attached hydrogens (tertiary/aromatic N) is 2. The van der Waals surface area contributed by atoms with Gasteiger partial charge in [0.1, 0.15) is 11.7 Å². The van der Waals surface area contributed by atoms with Crippen LogP contribution < -0.4 is 0 Å². The number of hydrogen-bond acceptors (Lipinski definition) is 3. The molecule has 1 aromatic heterocycles. The molecule has 92 valence electrons. The Labute approximate surface area is 98.7 Å². The number of aromatic nitrogens is 2. The Kier molecular flexibility index (Phi) is 3.12. The van der Waals surface area contributed by atoms with Gasteiger partial charge in [-0.3, -0.25) is 4.79 Å². The summed E-state index contributed by atoms with van der Waals surface area (Å²) in [5, 5.41) is 9.21. The average molecular weight is 237 g/mol. The average Bonchev–Trinajstić information content (AvgIpc) is 2.80. The zero-order valence-corrected chi connectivity index (χ0v) is 9.59. The summed E-state index contributed by atoms with van der Waals surface area (Å²) in [7, 11) is 0. The van der Waals surface area contributed by atoms with Crippen LogP contribution in [0.5, 0.6) is 0 Å². The van der Waals surface area contributed by atoms with E-state index in [9.17, 15) is 14.7 Å². The molecule has 1 aromatic rings. The summed E-state index contributed by atoms with van der Waals surface area (Å²) >= 11 is 0. The molecule has 0 spiro atoms. The third-order valence-electron chi connectivity index (χ3n) is 3.18. The van der Waals surface area contributed by atoms with E-state index in [0.717, 1.165) is 12.8 Å². The SMILES string of the molecule is CC1CCCN(C(=O)c2cnc[nH]2)C1C(=O)O. The molecule has 0 radical (unpaired) electrons. The van der Waals surface area contributed by atoms with Crippen LogP contribution in [0.4, 0.5) is 0 Å². The number of imidazole rings is 1. The zero-order chi connectivity index (χ0) is 12.4. The number of nitrogens with one attached hydrogen (secondary N) is 1. The van der Waals surface area contributed by atoms with Gasteiger partial charge in [0.25, 0.3) is 5.91 Å². The summed E-state index contributed by atoms with van der Waals surface area (Å²) in [4.78, 5) is 31.3. The number of H-pyrrole nitrogens is 1. The number of carbonyl (C=O) groups excluding carboxylic acids is 1. The van der Waals surface area contributed by atoms with Gasteiger partial charge in [0.05, 0.1) is 12.5 Å². The van der Waals surface area contributed by atoms with Crippen molar-refractivity contribution in [2.24, 2.45) is 5.92 Å².